The van der Waals surface area contributed by atoms with Crippen LogP contribution in [0.4, 0.5) is 5.69 Å². The van der Waals surface area contributed by atoms with Crippen molar-refractivity contribution in [2.24, 2.45) is 5.92 Å². The van der Waals surface area contributed by atoms with Gasteiger partial charge in [-0.3, -0.25) is 0 Å². The van der Waals surface area contributed by atoms with Gasteiger partial charge in [0.15, 0.2) is 0 Å². The first kappa shape index (κ1) is 13.9. The number of esters is 1. The smallest absolute Gasteiger partial charge is 0.337 e. The SMILES string of the molecule is COC(=O)c1ccc(NC2CCC(C)CC2)c(C)c1. The van der Waals surface area contributed by atoms with Crippen LogP contribution in [0.3, 0.4) is 0 Å². The summed E-state index contributed by atoms with van der Waals surface area (Å²) in [6.07, 6.45) is 5.08. The predicted molar refractivity (Wildman–Crippen MR) is 77.6 cm³/mol. The van der Waals surface area contributed by atoms with Gasteiger partial charge in [-0.1, -0.05) is 6.92 Å². The van der Waals surface area contributed by atoms with Crippen molar-refractivity contribution in [1.29, 1.82) is 0 Å². The van der Waals surface area contributed by atoms with Gasteiger partial charge >= 0.3 is 5.97 Å². The molecule has 1 N–H and O–H groups in total. The summed E-state index contributed by atoms with van der Waals surface area (Å²) in [5, 5.41) is 3.60. The Kier molecular flexibility index (Phi) is 4.46. The number of ether oxygens (including phenoxy) is 1. The van der Waals surface area contributed by atoms with Crippen molar-refractivity contribution in [2.45, 2.75) is 45.6 Å². The highest BCUT2D eigenvalue weighted by atomic mass is 16.5. The summed E-state index contributed by atoms with van der Waals surface area (Å²) >= 11 is 0. The standard InChI is InChI=1S/C16H23NO2/c1-11-4-7-14(8-5-11)17-15-9-6-13(10-12(15)2)16(18)19-3/h6,9-11,14,17H,4-5,7-8H2,1-3H3. The average molecular weight is 261 g/mol. The van der Waals surface area contributed by atoms with Gasteiger partial charge in [0.05, 0.1) is 12.7 Å². The van der Waals surface area contributed by atoms with E-state index >= 15 is 0 Å². The van der Waals surface area contributed by atoms with Crippen LogP contribution in [0.1, 0.15) is 48.5 Å². The molecule has 1 aromatic carbocycles. The Bertz CT molecular complexity index is 448. The molecule has 0 heterocycles. The van der Waals surface area contributed by atoms with E-state index in [2.05, 4.69) is 12.2 Å². The van der Waals surface area contributed by atoms with Crippen molar-refractivity contribution >= 4 is 11.7 Å². The summed E-state index contributed by atoms with van der Waals surface area (Å²) in [7, 11) is 1.41. The van der Waals surface area contributed by atoms with Crippen LogP contribution in [0.25, 0.3) is 0 Å². The molecule has 1 aliphatic rings. The average Bonchev–Trinajstić information content (AvgIpc) is 2.42. The van der Waals surface area contributed by atoms with E-state index in [0.717, 1.165) is 17.2 Å². The van der Waals surface area contributed by atoms with Gasteiger partial charge in [0.25, 0.3) is 0 Å². The third kappa shape index (κ3) is 3.49. The monoisotopic (exact) mass is 261 g/mol. The van der Waals surface area contributed by atoms with Crippen LogP contribution in [0.5, 0.6) is 0 Å². The molecule has 19 heavy (non-hydrogen) atoms. The Morgan fingerprint density at radius 1 is 1.26 bits per heavy atom. The topological polar surface area (TPSA) is 38.3 Å². The zero-order valence-corrected chi connectivity index (χ0v) is 12.0. The molecule has 0 atom stereocenters. The molecule has 0 aliphatic heterocycles. The summed E-state index contributed by atoms with van der Waals surface area (Å²) in [6, 6.07) is 6.27. The number of aryl methyl sites for hydroxylation is 1. The first-order valence-corrected chi connectivity index (χ1v) is 7.05. The fraction of sp³-hybridized carbons (Fsp3) is 0.562. The molecule has 0 aromatic heterocycles. The normalized spacial score (nSPS) is 22.9. The molecule has 0 amide bonds. The van der Waals surface area contributed by atoms with Crippen LogP contribution < -0.4 is 5.32 Å². The van der Waals surface area contributed by atoms with E-state index in [1.807, 2.05) is 25.1 Å². The minimum atomic E-state index is -0.277. The van der Waals surface area contributed by atoms with Gasteiger partial charge in [-0.15, -0.1) is 0 Å². The molecular formula is C16H23NO2. The first-order chi connectivity index (χ1) is 9.10. The number of benzene rings is 1. The highest BCUT2D eigenvalue weighted by molar-refractivity contribution is 5.90. The maximum Gasteiger partial charge on any atom is 0.337 e. The van der Waals surface area contributed by atoms with Gasteiger partial charge in [-0.2, -0.15) is 0 Å². The van der Waals surface area contributed by atoms with Crippen LogP contribution in [0, 0.1) is 12.8 Å². The number of hydrogen-bond acceptors (Lipinski definition) is 3. The summed E-state index contributed by atoms with van der Waals surface area (Å²) in [6.45, 7) is 4.35. The zero-order valence-electron chi connectivity index (χ0n) is 12.0. The largest absolute Gasteiger partial charge is 0.465 e. The zero-order chi connectivity index (χ0) is 13.8. The second-order valence-electron chi connectivity index (χ2n) is 5.62. The second kappa shape index (κ2) is 6.09. The number of carbonyl (C=O) groups excluding carboxylic acids is 1. The third-order valence-corrected chi connectivity index (χ3v) is 4.02. The summed E-state index contributed by atoms with van der Waals surface area (Å²) in [5.74, 6) is 0.585. The summed E-state index contributed by atoms with van der Waals surface area (Å²) < 4.78 is 4.73. The fourth-order valence-electron chi connectivity index (χ4n) is 2.69. The molecule has 3 heteroatoms. The lowest BCUT2D eigenvalue weighted by Gasteiger charge is -2.28. The molecular weight excluding hydrogens is 238 g/mol. The van der Waals surface area contributed by atoms with Gasteiger partial charge in [0.2, 0.25) is 0 Å². The molecule has 0 unspecified atom stereocenters. The molecule has 0 bridgehead atoms. The lowest BCUT2D eigenvalue weighted by Crippen LogP contribution is -2.25. The number of nitrogens with one attached hydrogen (secondary N) is 1. The van der Waals surface area contributed by atoms with Crippen LogP contribution in [0.15, 0.2) is 18.2 Å². The quantitative estimate of drug-likeness (QED) is 0.842. The van der Waals surface area contributed by atoms with Gasteiger partial charge in [0.1, 0.15) is 0 Å². The maximum absolute atomic E-state index is 11.5. The van der Waals surface area contributed by atoms with Gasteiger partial charge in [0, 0.05) is 11.7 Å². The van der Waals surface area contributed by atoms with Crippen molar-refractivity contribution < 1.29 is 9.53 Å². The van der Waals surface area contributed by atoms with Crippen molar-refractivity contribution in [2.75, 3.05) is 12.4 Å². The molecule has 1 fully saturated rings. The minimum absolute atomic E-state index is 0.277. The molecule has 0 spiro atoms. The van der Waals surface area contributed by atoms with E-state index in [4.69, 9.17) is 4.74 Å². The Morgan fingerprint density at radius 3 is 2.53 bits per heavy atom. The van der Waals surface area contributed by atoms with E-state index in [0.29, 0.717) is 11.6 Å². The van der Waals surface area contributed by atoms with Gasteiger partial charge in [-0.25, -0.2) is 4.79 Å². The molecule has 0 saturated heterocycles. The second-order valence-corrected chi connectivity index (χ2v) is 5.62. The Labute approximate surface area is 115 Å². The lowest BCUT2D eigenvalue weighted by molar-refractivity contribution is 0.0600. The molecule has 0 radical (unpaired) electrons. The maximum atomic E-state index is 11.5. The Hall–Kier alpha value is -1.51. The van der Waals surface area contributed by atoms with Crippen LogP contribution in [-0.2, 0) is 4.74 Å². The van der Waals surface area contributed by atoms with Crippen LogP contribution in [-0.4, -0.2) is 19.1 Å². The van der Waals surface area contributed by atoms with Crippen molar-refractivity contribution in [3.05, 3.63) is 29.3 Å². The predicted octanol–water partition coefficient (Wildman–Crippen LogP) is 3.77. The first-order valence-electron chi connectivity index (χ1n) is 7.05. The highest BCUT2D eigenvalue weighted by Gasteiger charge is 2.18. The van der Waals surface area contributed by atoms with Crippen molar-refractivity contribution in [3.63, 3.8) is 0 Å². The number of methoxy groups -OCH3 is 1. The molecule has 1 saturated carbocycles. The Balaban J connectivity index is 2.03. The molecule has 1 aromatic rings. The summed E-state index contributed by atoms with van der Waals surface area (Å²) in [5.41, 5.74) is 2.84. The van der Waals surface area contributed by atoms with E-state index in [1.54, 1.807) is 0 Å². The van der Waals surface area contributed by atoms with Crippen LogP contribution in [0.2, 0.25) is 0 Å². The van der Waals surface area contributed by atoms with Crippen LogP contribution >= 0.6 is 0 Å². The van der Waals surface area contributed by atoms with E-state index in [1.165, 1.54) is 32.8 Å². The number of rotatable bonds is 3. The van der Waals surface area contributed by atoms with E-state index in [-0.39, 0.29) is 5.97 Å². The molecule has 104 valence electrons. The lowest BCUT2D eigenvalue weighted by atomic mass is 9.87. The summed E-state index contributed by atoms with van der Waals surface area (Å²) in [4.78, 5) is 11.5. The van der Waals surface area contributed by atoms with Crippen molar-refractivity contribution in [3.8, 4) is 0 Å². The molecule has 1 aliphatic carbocycles. The highest BCUT2D eigenvalue weighted by Crippen LogP contribution is 2.27. The van der Waals surface area contributed by atoms with E-state index in [9.17, 15) is 4.79 Å². The van der Waals surface area contributed by atoms with E-state index < -0.39 is 0 Å². The number of hydrogen-bond donors (Lipinski definition) is 1. The van der Waals surface area contributed by atoms with Gasteiger partial charge in [-0.05, 0) is 62.3 Å². The van der Waals surface area contributed by atoms with Gasteiger partial charge < -0.3 is 10.1 Å². The third-order valence-electron chi connectivity index (χ3n) is 4.02. The minimum Gasteiger partial charge on any atom is -0.465 e. The molecule has 2 rings (SSSR count). The molecule has 3 nitrogen and oxygen atoms in total. The fourth-order valence-corrected chi connectivity index (χ4v) is 2.69. The van der Waals surface area contributed by atoms with Crippen molar-refractivity contribution in [1.82, 2.24) is 0 Å². The Morgan fingerprint density at radius 2 is 1.95 bits per heavy atom. The number of carbonyl (C=O) groups is 1. The number of anilines is 1.